The number of carbonyl (C=O) groups is 1. The second-order valence-corrected chi connectivity index (χ2v) is 7.02. The summed E-state index contributed by atoms with van der Waals surface area (Å²) >= 11 is 3.33. The standard InChI is InChI=1S/C19H20BrNO3/c20-15-6-7-17(22)16(12-15)18(23)21-13-19(8-10-24-11-9-19)14-4-2-1-3-5-14/h1-7,12,22H,8-11,13H2,(H,21,23). The van der Waals surface area contributed by atoms with Gasteiger partial charge in [0.05, 0.1) is 5.56 Å². The van der Waals surface area contributed by atoms with Crippen molar-refractivity contribution in [3.63, 3.8) is 0 Å². The van der Waals surface area contributed by atoms with Crippen molar-refractivity contribution >= 4 is 21.8 Å². The molecule has 3 rings (SSSR count). The van der Waals surface area contributed by atoms with Crippen LogP contribution in [0.25, 0.3) is 0 Å². The van der Waals surface area contributed by atoms with Crippen LogP contribution in [0.1, 0.15) is 28.8 Å². The maximum absolute atomic E-state index is 12.5. The topological polar surface area (TPSA) is 58.6 Å². The zero-order valence-electron chi connectivity index (χ0n) is 13.3. The molecule has 1 heterocycles. The average molecular weight is 390 g/mol. The van der Waals surface area contributed by atoms with E-state index in [0.29, 0.717) is 19.8 Å². The maximum atomic E-state index is 12.5. The first-order chi connectivity index (χ1) is 11.6. The van der Waals surface area contributed by atoms with E-state index < -0.39 is 0 Å². The summed E-state index contributed by atoms with van der Waals surface area (Å²) in [4.78, 5) is 12.5. The highest BCUT2D eigenvalue weighted by Crippen LogP contribution is 2.34. The molecular weight excluding hydrogens is 370 g/mol. The number of halogens is 1. The van der Waals surface area contributed by atoms with E-state index in [1.54, 1.807) is 12.1 Å². The Balaban J connectivity index is 1.79. The van der Waals surface area contributed by atoms with Crippen molar-refractivity contribution in [3.8, 4) is 5.75 Å². The third kappa shape index (κ3) is 3.62. The zero-order valence-corrected chi connectivity index (χ0v) is 14.9. The number of phenolic OH excluding ortho intramolecular Hbond substituents is 1. The molecule has 1 saturated heterocycles. The molecule has 1 aliphatic heterocycles. The number of hydrogen-bond donors (Lipinski definition) is 2. The Labute approximate surface area is 150 Å². The Hall–Kier alpha value is -1.85. The zero-order chi connectivity index (χ0) is 17.0. The van der Waals surface area contributed by atoms with Crippen molar-refractivity contribution in [3.05, 3.63) is 64.1 Å². The van der Waals surface area contributed by atoms with E-state index in [9.17, 15) is 9.90 Å². The van der Waals surface area contributed by atoms with Crippen molar-refractivity contribution in [1.82, 2.24) is 5.32 Å². The lowest BCUT2D eigenvalue weighted by Gasteiger charge is -2.38. The first-order valence-corrected chi connectivity index (χ1v) is 8.80. The molecule has 0 atom stereocenters. The molecule has 0 unspecified atom stereocenters. The summed E-state index contributed by atoms with van der Waals surface area (Å²) in [5.74, 6) is -0.285. The van der Waals surface area contributed by atoms with Crippen molar-refractivity contribution in [2.75, 3.05) is 19.8 Å². The largest absolute Gasteiger partial charge is 0.507 e. The lowest BCUT2D eigenvalue weighted by molar-refractivity contribution is 0.0487. The number of ether oxygens (including phenoxy) is 1. The van der Waals surface area contributed by atoms with E-state index in [1.807, 2.05) is 18.2 Å². The van der Waals surface area contributed by atoms with E-state index in [0.717, 1.165) is 17.3 Å². The summed E-state index contributed by atoms with van der Waals surface area (Å²) in [6.07, 6.45) is 1.73. The van der Waals surface area contributed by atoms with Crippen LogP contribution in [0.4, 0.5) is 0 Å². The van der Waals surface area contributed by atoms with Crippen LogP contribution in [0.5, 0.6) is 5.75 Å². The predicted molar refractivity (Wildman–Crippen MR) is 96.3 cm³/mol. The van der Waals surface area contributed by atoms with Crippen LogP contribution in [-0.2, 0) is 10.2 Å². The van der Waals surface area contributed by atoms with Crippen LogP contribution in [-0.4, -0.2) is 30.8 Å². The molecule has 0 aliphatic carbocycles. The summed E-state index contributed by atoms with van der Waals surface area (Å²) in [6.45, 7) is 1.89. The van der Waals surface area contributed by atoms with Gasteiger partial charge < -0.3 is 15.2 Å². The van der Waals surface area contributed by atoms with Crippen LogP contribution < -0.4 is 5.32 Å². The second-order valence-electron chi connectivity index (χ2n) is 6.10. The summed E-state index contributed by atoms with van der Waals surface area (Å²) in [5.41, 5.74) is 1.36. The molecule has 0 bridgehead atoms. The van der Waals surface area contributed by atoms with E-state index >= 15 is 0 Å². The van der Waals surface area contributed by atoms with Gasteiger partial charge in [-0.3, -0.25) is 4.79 Å². The van der Waals surface area contributed by atoms with Gasteiger partial charge in [0.2, 0.25) is 0 Å². The minimum Gasteiger partial charge on any atom is -0.507 e. The fourth-order valence-electron chi connectivity index (χ4n) is 3.16. The monoisotopic (exact) mass is 389 g/mol. The Kier molecular flexibility index (Phi) is 5.21. The molecule has 0 spiro atoms. The van der Waals surface area contributed by atoms with Crippen LogP contribution >= 0.6 is 15.9 Å². The van der Waals surface area contributed by atoms with E-state index in [2.05, 4.69) is 33.4 Å². The molecule has 1 amide bonds. The Morgan fingerprint density at radius 3 is 2.58 bits per heavy atom. The van der Waals surface area contributed by atoms with Crippen LogP contribution in [0.3, 0.4) is 0 Å². The quantitative estimate of drug-likeness (QED) is 0.838. The van der Waals surface area contributed by atoms with Crippen molar-refractivity contribution < 1.29 is 14.6 Å². The van der Waals surface area contributed by atoms with Crippen molar-refractivity contribution in [2.24, 2.45) is 0 Å². The Bertz CT molecular complexity index is 712. The molecule has 1 fully saturated rings. The summed E-state index contributed by atoms with van der Waals surface area (Å²) in [6, 6.07) is 15.1. The minimum atomic E-state index is -0.268. The molecule has 2 aromatic carbocycles. The molecule has 126 valence electrons. The maximum Gasteiger partial charge on any atom is 0.255 e. The van der Waals surface area contributed by atoms with Gasteiger partial charge in [0.25, 0.3) is 5.91 Å². The highest BCUT2D eigenvalue weighted by atomic mass is 79.9. The van der Waals surface area contributed by atoms with Crippen molar-refractivity contribution in [2.45, 2.75) is 18.3 Å². The first kappa shape index (κ1) is 17.0. The first-order valence-electron chi connectivity index (χ1n) is 8.01. The van der Waals surface area contributed by atoms with Gasteiger partial charge in [0.1, 0.15) is 5.75 Å². The predicted octanol–water partition coefficient (Wildman–Crippen LogP) is 3.63. The fourth-order valence-corrected chi connectivity index (χ4v) is 3.52. The lowest BCUT2D eigenvalue weighted by Crippen LogP contribution is -2.44. The number of amides is 1. The highest BCUT2D eigenvalue weighted by Gasteiger charge is 2.34. The van der Waals surface area contributed by atoms with Gasteiger partial charge in [-0.15, -0.1) is 0 Å². The molecular formula is C19H20BrNO3. The molecule has 0 aromatic heterocycles. The summed E-state index contributed by atoms with van der Waals surface area (Å²) < 4.78 is 6.27. The third-order valence-electron chi connectivity index (χ3n) is 4.63. The van der Waals surface area contributed by atoms with Crippen LogP contribution in [0.15, 0.2) is 53.0 Å². The van der Waals surface area contributed by atoms with Gasteiger partial charge in [0.15, 0.2) is 0 Å². The van der Waals surface area contributed by atoms with Gasteiger partial charge in [0, 0.05) is 29.6 Å². The Morgan fingerprint density at radius 2 is 1.88 bits per heavy atom. The van der Waals surface area contributed by atoms with Gasteiger partial charge in [-0.25, -0.2) is 0 Å². The molecule has 4 nitrogen and oxygen atoms in total. The van der Waals surface area contributed by atoms with Gasteiger partial charge in [-0.2, -0.15) is 0 Å². The molecule has 5 heteroatoms. The van der Waals surface area contributed by atoms with Crippen LogP contribution in [0, 0.1) is 0 Å². The molecule has 24 heavy (non-hydrogen) atoms. The SMILES string of the molecule is O=C(NCC1(c2ccccc2)CCOCC1)c1cc(Br)ccc1O. The Morgan fingerprint density at radius 1 is 1.17 bits per heavy atom. The number of hydrogen-bond acceptors (Lipinski definition) is 3. The number of carbonyl (C=O) groups excluding carboxylic acids is 1. The van der Waals surface area contributed by atoms with E-state index in [4.69, 9.17) is 4.74 Å². The van der Waals surface area contributed by atoms with Gasteiger partial charge in [-0.1, -0.05) is 46.3 Å². The number of aromatic hydroxyl groups is 1. The third-order valence-corrected chi connectivity index (χ3v) is 5.12. The smallest absolute Gasteiger partial charge is 0.255 e. The number of nitrogens with one attached hydrogen (secondary N) is 1. The number of rotatable bonds is 4. The van der Waals surface area contributed by atoms with E-state index in [-0.39, 0.29) is 22.6 Å². The molecule has 2 aromatic rings. The summed E-state index contributed by atoms with van der Waals surface area (Å²) in [7, 11) is 0. The lowest BCUT2D eigenvalue weighted by atomic mass is 9.74. The number of benzene rings is 2. The normalized spacial score (nSPS) is 16.5. The minimum absolute atomic E-state index is 0.0172. The van der Waals surface area contributed by atoms with Crippen molar-refractivity contribution in [1.29, 1.82) is 0 Å². The molecule has 0 radical (unpaired) electrons. The number of phenols is 1. The van der Waals surface area contributed by atoms with Gasteiger partial charge >= 0.3 is 0 Å². The average Bonchev–Trinajstić information content (AvgIpc) is 2.63. The van der Waals surface area contributed by atoms with E-state index in [1.165, 1.54) is 11.6 Å². The highest BCUT2D eigenvalue weighted by molar-refractivity contribution is 9.10. The van der Waals surface area contributed by atoms with Gasteiger partial charge in [-0.05, 0) is 36.6 Å². The summed E-state index contributed by atoms with van der Waals surface area (Å²) in [5, 5.41) is 12.9. The molecule has 1 aliphatic rings. The van der Waals surface area contributed by atoms with Crippen LogP contribution in [0.2, 0.25) is 0 Å². The second kappa shape index (κ2) is 7.36. The molecule has 2 N–H and O–H groups in total. The fraction of sp³-hybridized carbons (Fsp3) is 0.316. The molecule has 0 saturated carbocycles.